The molecule has 134 valence electrons. The van der Waals surface area contributed by atoms with Crippen molar-refractivity contribution in [2.45, 2.75) is 50.1 Å². The van der Waals surface area contributed by atoms with E-state index in [1.807, 2.05) is 6.08 Å². The number of ether oxygens (including phenoxy) is 3. The Morgan fingerprint density at radius 2 is 2.04 bits per heavy atom. The van der Waals surface area contributed by atoms with Crippen LogP contribution in [0.4, 0.5) is 0 Å². The molecule has 0 aromatic carbocycles. The van der Waals surface area contributed by atoms with Crippen molar-refractivity contribution < 1.29 is 24.4 Å². The van der Waals surface area contributed by atoms with E-state index in [4.69, 9.17) is 14.2 Å². The Morgan fingerprint density at radius 3 is 2.71 bits per heavy atom. The number of aliphatic hydroxyl groups is 2. The van der Waals surface area contributed by atoms with Crippen molar-refractivity contribution in [1.29, 1.82) is 0 Å². The van der Waals surface area contributed by atoms with Gasteiger partial charge >= 0.3 is 0 Å². The molecule has 7 atom stereocenters. The van der Waals surface area contributed by atoms with Gasteiger partial charge < -0.3 is 24.4 Å². The molecule has 0 aromatic rings. The predicted molar refractivity (Wildman–Crippen MR) is 88.2 cm³/mol. The summed E-state index contributed by atoms with van der Waals surface area (Å²) in [6, 6.07) is 0. The van der Waals surface area contributed by atoms with Crippen molar-refractivity contribution >= 4 is 0 Å². The molecule has 2 saturated carbocycles. The molecule has 0 aliphatic heterocycles. The molecule has 5 nitrogen and oxygen atoms in total. The van der Waals surface area contributed by atoms with E-state index in [-0.39, 0.29) is 24.2 Å². The van der Waals surface area contributed by atoms with Crippen molar-refractivity contribution in [3.05, 3.63) is 23.8 Å². The van der Waals surface area contributed by atoms with Crippen LogP contribution in [0, 0.1) is 23.2 Å². The average Bonchev–Trinajstić information content (AvgIpc) is 2.90. The van der Waals surface area contributed by atoms with Gasteiger partial charge in [0.05, 0.1) is 12.2 Å². The third kappa shape index (κ3) is 1.93. The van der Waals surface area contributed by atoms with Gasteiger partial charge in [-0.25, -0.2) is 0 Å². The fraction of sp³-hybridized carbons (Fsp3) is 0.789. The van der Waals surface area contributed by atoms with Gasteiger partial charge in [0.1, 0.15) is 18.0 Å². The van der Waals surface area contributed by atoms with Crippen LogP contribution >= 0.6 is 0 Å². The fourth-order valence-electron chi connectivity index (χ4n) is 5.78. The van der Waals surface area contributed by atoms with Crippen molar-refractivity contribution in [3.8, 4) is 0 Å². The van der Waals surface area contributed by atoms with Crippen LogP contribution in [0.15, 0.2) is 23.8 Å². The Morgan fingerprint density at radius 1 is 1.29 bits per heavy atom. The standard InChI is InChI=1S/C19H28O5/c1-17(2)13-8-15(24-10-22-3)19(21)12(16(13)17)5-6-18(23-4)9-11(20)7-14(18)19/h5-7,11-13,15-16,20-21H,8-10H2,1-4H3/t11-,12-,13+,15+,16-,18-,19+/m0/s1. The second-order valence-electron chi connectivity index (χ2n) is 8.41. The van der Waals surface area contributed by atoms with Gasteiger partial charge in [-0.1, -0.05) is 32.1 Å². The van der Waals surface area contributed by atoms with Gasteiger partial charge in [-0.15, -0.1) is 0 Å². The summed E-state index contributed by atoms with van der Waals surface area (Å²) in [6.07, 6.45) is 6.19. The highest BCUT2D eigenvalue weighted by atomic mass is 16.7. The van der Waals surface area contributed by atoms with Crippen LogP contribution in [0.25, 0.3) is 0 Å². The SMILES string of the molecule is COCO[C@@H]1C[C@@H]2[C@H]([C@@H]3C=C[C@]4(OC)C[C@@H](O)C=C4[C@@]13O)C2(C)C. The second kappa shape index (κ2) is 5.15. The van der Waals surface area contributed by atoms with Crippen molar-refractivity contribution in [3.63, 3.8) is 0 Å². The molecule has 4 aliphatic carbocycles. The zero-order chi connectivity index (χ0) is 17.3. The summed E-state index contributed by atoms with van der Waals surface area (Å²) in [7, 11) is 3.23. The maximum absolute atomic E-state index is 11.9. The van der Waals surface area contributed by atoms with E-state index in [0.717, 1.165) is 12.0 Å². The van der Waals surface area contributed by atoms with E-state index in [2.05, 4.69) is 19.9 Å². The molecule has 5 heteroatoms. The lowest BCUT2D eigenvalue weighted by atomic mass is 9.62. The summed E-state index contributed by atoms with van der Waals surface area (Å²) < 4.78 is 16.8. The van der Waals surface area contributed by atoms with Gasteiger partial charge in [0.25, 0.3) is 0 Å². The molecule has 0 aromatic heterocycles. The van der Waals surface area contributed by atoms with E-state index >= 15 is 0 Å². The Bertz CT molecular complexity index is 597. The molecule has 0 saturated heterocycles. The van der Waals surface area contributed by atoms with Crippen LogP contribution < -0.4 is 0 Å². The second-order valence-corrected chi connectivity index (χ2v) is 8.41. The Kier molecular flexibility index (Phi) is 3.59. The molecule has 0 bridgehead atoms. The molecule has 0 spiro atoms. The minimum atomic E-state index is -1.16. The maximum Gasteiger partial charge on any atom is 0.146 e. The van der Waals surface area contributed by atoms with Crippen LogP contribution in [-0.4, -0.2) is 54.6 Å². The zero-order valence-electron chi connectivity index (χ0n) is 14.9. The lowest BCUT2D eigenvalue weighted by molar-refractivity contribution is -0.181. The van der Waals surface area contributed by atoms with Crippen molar-refractivity contribution in [2.75, 3.05) is 21.0 Å². The molecule has 0 heterocycles. The van der Waals surface area contributed by atoms with Crippen LogP contribution in [-0.2, 0) is 14.2 Å². The van der Waals surface area contributed by atoms with Gasteiger partial charge in [0.15, 0.2) is 0 Å². The number of methoxy groups -OCH3 is 2. The molecule has 0 amide bonds. The normalized spacial score (nSPS) is 50.8. The van der Waals surface area contributed by atoms with Crippen LogP contribution in [0.5, 0.6) is 0 Å². The van der Waals surface area contributed by atoms with Crippen LogP contribution in [0.1, 0.15) is 26.7 Å². The smallest absolute Gasteiger partial charge is 0.146 e. The third-order valence-electron chi connectivity index (χ3n) is 7.08. The van der Waals surface area contributed by atoms with Gasteiger partial charge in [0, 0.05) is 26.6 Å². The first-order valence-corrected chi connectivity index (χ1v) is 8.79. The topological polar surface area (TPSA) is 68.2 Å². The van der Waals surface area contributed by atoms with E-state index in [0.29, 0.717) is 18.3 Å². The van der Waals surface area contributed by atoms with E-state index in [9.17, 15) is 10.2 Å². The van der Waals surface area contributed by atoms with E-state index in [1.54, 1.807) is 20.3 Å². The molecular formula is C19H28O5. The minimum absolute atomic E-state index is 0.0204. The number of hydrogen-bond acceptors (Lipinski definition) is 5. The fourth-order valence-corrected chi connectivity index (χ4v) is 5.78. The molecular weight excluding hydrogens is 308 g/mol. The van der Waals surface area contributed by atoms with Gasteiger partial charge in [-0.05, 0) is 29.2 Å². The lowest BCUT2D eigenvalue weighted by Crippen LogP contribution is -2.60. The number of hydrogen-bond donors (Lipinski definition) is 2. The first-order valence-electron chi connectivity index (χ1n) is 8.79. The lowest BCUT2D eigenvalue weighted by Gasteiger charge is -2.51. The monoisotopic (exact) mass is 336 g/mol. The molecule has 2 N–H and O–H groups in total. The highest BCUT2D eigenvalue weighted by Crippen LogP contribution is 2.72. The summed E-state index contributed by atoms with van der Waals surface area (Å²) in [5.41, 5.74) is -0.931. The Labute approximate surface area is 143 Å². The summed E-state index contributed by atoms with van der Waals surface area (Å²) in [6.45, 7) is 4.69. The van der Waals surface area contributed by atoms with Crippen molar-refractivity contribution in [2.24, 2.45) is 23.2 Å². The maximum atomic E-state index is 11.9. The van der Waals surface area contributed by atoms with Crippen molar-refractivity contribution in [1.82, 2.24) is 0 Å². The van der Waals surface area contributed by atoms with Gasteiger partial charge in [-0.3, -0.25) is 0 Å². The summed E-state index contributed by atoms with van der Waals surface area (Å²) in [4.78, 5) is 0. The molecule has 0 radical (unpaired) electrons. The molecule has 4 rings (SSSR count). The van der Waals surface area contributed by atoms with Crippen LogP contribution in [0.3, 0.4) is 0 Å². The number of aliphatic hydroxyl groups excluding tert-OH is 1. The van der Waals surface area contributed by atoms with E-state index < -0.39 is 17.3 Å². The minimum Gasteiger partial charge on any atom is -0.389 e. The molecule has 24 heavy (non-hydrogen) atoms. The Balaban J connectivity index is 1.81. The largest absolute Gasteiger partial charge is 0.389 e. The molecule has 4 aliphatic rings. The zero-order valence-corrected chi connectivity index (χ0v) is 14.9. The summed E-state index contributed by atoms with van der Waals surface area (Å²) >= 11 is 0. The highest BCUT2D eigenvalue weighted by molar-refractivity contribution is 5.48. The first-order chi connectivity index (χ1) is 11.3. The van der Waals surface area contributed by atoms with E-state index in [1.165, 1.54) is 0 Å². The third-order valence-corrected chi connectivity index (χ3v) is 7.08. The van der Waals surface area contributed by atoms with Gasteiger partial charge in [-0.2, -0.15) is 0 Å². The van der Waals surface area contributed by atoms with Crippen LogP contribution in [0.2, 0.25) is 0 Å². The number of rotatable bonds is 4. The quantitative estimate of drug-likeness (QED) is 0.603. The summed E-state index contributed by atoms with van der Waals surface area (Å²) in [5, 5.41) is 22.1. The van der Waals surface area contributed by atoms with Gasteiger partial charge in [0.2, 0.25) is 0 Å². The predicted octanol–water partition coefficient (Wildman–Crippen LogP) is 1.64. The highest BCUT2D eigenvalue weighted by Gasteiger charge is 2.73. The summed E-state index contributed by atoms with van der Waals surface area (Å²) in [5.74, 6) is 0.943. The average molecular weight is 336 g/mol. The molecule has 2 fully saturated rings. The first kappa shape index (κ1) is 16.7. The molecule has 0 unspecified atom stereocenters. The number of fused-ring (bicyclic) bond motifs is 5. The Hall–Kier alpha value is -0.720.